The summed E-state index contributed by atoms with van der Waals surface area (Å²) < 4.78 is 5.48. The number of carbonyl (C=O) groups excluding carboxylic acids is 1. The highest BCUT2D eigenvalue weighted by molar-refractivity contribution is 5.90. The Bertz CT molecular complexity index is 788. The van der Waals surface area contributed by atoms with Gasteiger partial charge in [0.15, 0.2) is 0 Å². The zero-order valence-corrected chi connectivity index (χ0v) is 17.5. The van der Waals surface area contributed by atoms with Gasteiger partial charge in [-0.15, -0.1) is 0 Å². The molecular formula is C23H32N4O2. The highest BCUT2D eigenvalue weighted by Gasteiger charge is 2.19. The molecule has 0 bridgehead atoms. The van der Waals surface area contributed by atoms with Crippen molar-refractivity contribution in [2.75, 3.05) is 56.6 Å². The van der Waals surface area contributed by atoms with E-state index >= 15 is 0 Å². The summed E-state index contributed by atoms with van der Waals surface area (Å²) in [7, 11) is 1.72. The van der Waals surface area contributed by atoms with Gasteiger partial charge < -0.3 is 20.3 Å². The van der Waals surface area contributed by atoms with Gasteiger partial charge in [-0.1, -0.05) is 37.3 Å². The number of anilines is 2. The maximum atomic E-state index is 12.1. The molecule has 0 saturated carbocycles. The summed E-state index contributed by atoms with van der Waals surface area (Å²) >= 11 is 0. The van der Waals surface area contributed by atoms with Crippen LogP contribution in [-0.2, 0) is 6.42 Å². The average molecular weight is 397 g/mol. The lowest BCUT2D eigenvalue weighted by Crippen LogP contribution is -2.47. The van der Waals surface area contributed by atoms with Crippen molar-refractivity contribution in [3.8, 4) is 5.75 Å². The second-order valence-electron chi connectivity index (χ2n) is 7.25. The van der Waals surface area contributed by atoms with E-state index in [4.69, 9.17) is 4.74 Å². The topological polar surface area (TPSA) is 56.8 Å². The van der Waals surface area contributed by atoms with E-state index in [9.17, 15) is 4.79 Å². The van der Waals surface area contributed by atoms with Crippen LogP contribution in [0.5, 0.6) is 5.75 Å². The Morgan fingerprint density at radius 3 is 2.52 bits per heavy atom. The molecule has 2 aromatic carbocycles. The van der Waals surface area contributed by atoms with Crippen LogP contribution in [0.2, 0.25) is 0 Å². The first-order chi connectivity index (χ1) is 14.2. The molecule has 2 amide bonds. The molecule has 0 aliphatic carbocycles. The third-order valence-electron chi connectivity index (χ3n) is 5.38. The van der Waals surface area contributed by atoms with E-state index in [0.29, 0.717) is 6.54 Å². The molecule has 0 atom stereocenters. The summed E-state index contributed by atoms with van der Waals surface area (Å²) in [4.78, 5) is 17.0. The van der Waals surface area contributed by atoms with Crippen LogP contribution in [0.25, 0.3) is 0 Å². The molecule has 0 unspecified atom stereocenters. The molecule has 0 aromatic heterocycles. The Morgan fingerprint density at radius 2 is 1.76 bits per heavy atom. The average Bonchev–Trinajstić information content (AvgIpc) is 2.77. The minimum absolute atomic E-state index is 0.133. The van der Waals surface area contributed by atoms with Crippen LogP contribution in [0.3, 0.4) is 0 Å². The normalized spacial score (nSPS) is 14.5. The first-order valence-electron chi connectivity index (χ1n) is 10.4. The molecule has 0 radical (unpaired) electrons. The second-order valence-corrected chi connectivity index (χ2v) is 7.25. The van der Waals surface area contributed by atoms with Crippen molar-refractivity contribution in [3.05, 3.63) is 54.1 Å². The number of piperazine rings is 1. The van der Waals surface area contributed by atoms with Crippen molar-refractivity contribution in [1.82, 2.24) is 10.2 Å². The molecule has 0 spiro atoms. The molecule has 2 aromatic rings. The smallest absolute Gasteiger partial charge is 0.319 e. The van der Waals surface area contributed by atoms with Crippen molar-refractivity contribution in [2.45, 2.75) is 19.8 Å². The van der Waals surface area contributed by atoms with Crippen LogP contribution in [0.15, 0.2) is 48.5 Å². The molecule has 1 aliphatic rings. The molecule has 1 aliphatic heterocycles. The monoisotopic (exact) mass is 396 g/mol. The zero-order valence-electron chi connectivity index (χ0n) is 17.5. The number of hydrogen-bond acceptors (Lipinski definition) is 4. The van der Waals surface area contributed by atoms with Crippen molar-refractivity contribution in [2.24, 2.45) is 0 Å². The second kappa shape index (κ2) is 10.7. The third-order valence-corrected chi connectivity index (χ3v) is 5.38. The van der Waals surface area contributed by atoms with E-state index in [0.717, 1.165) is 62.6 Å². The maximum absolute atomic E-state index is 12.1. The van der Waals surface area contributed by atoms with Gasteiger partial charge in [-0.2, -0.15) is 0 Å². The number of amides is 2. The minimum atomic E-state index is -0.133. The molecule has 156 valence electrons. The van der Waals surface area contributed by atoms with Gasteiger partial charge in [0, 0.05) is 38.4 Å². The fourth-order valence-corrected chi connectivity index (χ4v) is 3.73. The maximum Gasteiger partial charge on any atom is 0.319 e. The molecule has 3 rings (SSSR count). The summed E-state index contributed by atoms with van der Waals surface area (Å²) in [6.45, 7) is 7.77. The Labute approximate surface area is 173 Å². The van der Waals surface area contributed by atoms with Crippen molar-refractivity contribution >= 4 is 17.4 Å². The SMILES string of the molecule is CCc1ccccc1NC(=O)NCCCN1CCN(c2ccccc2OC)CC1. The lowest BCUT2D eigenvalue weighted by molar-refractivity contribution is 0.244. The van der Waals surface area contributed by atoms with E-state index < -0.39 is 0 Å². The van der Waals surface area contributed by atoms with Crippen LogP contribution >= 0.6 is 0 Å². The van der Waals surface area contributed by atoms with E-state index in [2.05, 4.69) is 39.5 Å². The number of urea groups is 1. The van der Waals surface area contributed by atoms with Crippen LogP contribution in [0.4, 0.5) is 16.2 Å². The number of methoxy groups -OCH3 is 1. The lowest BCUT2D eigenvalue weighted by atomic mass is 10.1. The van der Waals surface area contributed by atoms with Gasteiger partial charge in [0.05, 0.1) is 12.8 Å². The summed E-state index contributed by atoms with van der Waals surface area (Å²) in [5.41, 5.74) is 3.20. The predicted molar refractivity (Wildman–Crippen MR) is 119 cm³/mol. The summed E-state index contributed by atoms with van der Waals surface area (Å²) in [5.74, 6) is 0.931. The molecular weight excluding hydrogens is 364 g/mol. The number of nitrogens with zero attached hydrogens (tertiary/aromatic N) is 2. The largest absolute Gasteiger partial charge is 0.495 e. The van der Waals surface area contributed by atoms with E-state index in [1.54, 1.807) is 7.11 Å². The molecule has 1 heterocycles. The molecule has 1 fully saturated rings. The first kappa shape index (κ1) is 21.0. The fourth-order valence-electron chi connectivity index (χ4n) is 3.73. The highest BCUT2D eigenvalue weighted by Crippen LogP contribution is 2.28. The van der Waals surface area contributed by atoms with Gasteiger partial charge in [-0.3, -0.25) is 4.90 Å². The Hall–Kier alpha value is -2.73. The van der Waals surface area contributed by atoms with Crippen LogP contribution in [0, 0.1) is 0 Å². The van der Waals surface area contributed by atoms with Crippen LogP contribution < -0.4 is 20.3 Å². The van der Waals surface area contributed by atoms with Gasteiger partial charge >= 0.3 is 6.03 Å². The summed E-state index contributed by atoms with van der Waals surface area (Å²) in [6.07, 6.45) is 1.84. The van der Waals surface area contributed by atoms with Gasteiger partial charge in [0.2, 0.25) is 0 Å². The lowest BCUT2D eigenvalue weighted by Gasteiger charge is -2.36. The number of para-hydroxylation sites is 3. The number of carbonyl (C=O) groups is 1. The summed E-state index contributed by atoms with van der Waals surface area (Å²) in [5, 5.41) is 5.92. The molecule has 1 saturated heterocycles. The van der Waals surface area contributed by atoms with Gasteiger partial charge in [-0.25, -0.2) is 4.79 Å². The molecule has 2 N–H and O–H groups in total. The Morgan fingerprint density at radius 1 is 1.03 bits per heavy atom. The number of rotatable bonds is 8. The fraction of sp³-hybridized carbons (Fsp3) is 0.435. The Balaban J connectivity index is 1.35. The zero-order chi connectivity index (χ0) is 20.5. The quantitative estimate of drug-likeness (QED) is 0.670. The van der Waals surface area contributed by atoms with Gasteiger partial charge in [0.25, 0.3) is 0 Å². The number of nitrogens with one attached hydrogen (secondary N) is 2. The summed E-state index contributed by atoms with van der Waals surface area (Å²) in [6, 6.07) is 16.0. The molecule has 29 heavy (non-hydrogen) atoms. The van der Waals surface area contributed by atoms with Crippen molar-refractivity contribution in [3.63, 3.8) is 0 Å². The number of benzene rings is 2. The van der Waals surface area contributed by atoms with E-state index in [1.165, 1.54) is 5.69 Å². The Kier molecular flexibility index (Phi) is 7.76. The first-order valence-corrected chi connectivity index (χ1v) is 10.4. The number of aryl methyl sites for hydroxylation is 1. The van der Waals surface area contributed by atoms with Gasteiger partial charge in [-0.05, 0) is 43.1 Å². The van der Waals surface area contributed by atoms with Gasteiger partial charge in [0.1, 0.15) is 5.75 Å². The van der Waals surface area contributed by atoms with Crippen LogP contribution in [-0.4, -0.2) is 57.3 Å². The van der Waals surface area contributed by atoms with Crippen LogP contribution in [0.1, 0.15) is 18.9 Å². The highest BCUT2D eigenvalue weighted by atomic mass is 16.5. The standard InChI is InChI=1S/C23H32N4O2/c1-3-19-9-4-5-10-20(19)25-23(28)24-13-8-14-26-15-17-27(18-16-26)21-11-6-7-12-22(21)29-2/h4-7,9-12H,3,8,13-18H2,1-2H3,(H2,24,25,28). The van der Waals surface area contributed by atoms with E-state index in [-0.39, 0.29) is 6.03 Å². The minimum Gasteiger partial charge on any atom is -0.495 e. The van der Waals surface area contributed by atoms with Crippen molar-refractivity contribution < 1.29 is 9.53 Å². The number of hydrogen-bond donors (Lipinski definition) is 2. The van der Waals surface area contributed by atoms with E-state index in [1.807, 2.05) is 36.4 Å². The molecule has 6 heteroatoms. The predicted octanol–water partition coefficient (Wildman–Crippen LogP) is 3.59. The third kappa shape index (κ3) is 5.87. The molecule has 6 nitrogen and oxygen atoms in total. The van der Waals surface area contributed by atoms with Crippen molar-refractivity contribution in [1.29, 1.82) is 0 Å². The number of ether oxygens (including phenoxy) is 1.